The SMILES string of the molecule is CC(=O)O.O=C1C=CC(=O)N1. The van der Waals surface area contributed by atoms with E-state index in [-0.39, 0.29) is 11.8 Å². The van der Waals surface area contributed by atoms with Gasteiger partial charge in [0.25, 0.3) is 17.8 Å². The maximum absolute atomic E-state index is 10.0. The number of hydrogen-bond donors (Lipinski definition) is 2. The average Bonchev–Trinajstić information content (AvgIpc) is 2.13. The lowest BCUT2D eigenvalue weighted by Gasteiger charge is -1.80. The molecule has 1 rings (SSSR count). The first-order valence-corrected chi connectivity index (χ1v) is 2.75. The molecule has 60 valence electrons. The molecule has 2 N–H and O–H groups in total. The molecular weight excluding hydrogens is 150 g/mol. The summed E-state index contributed by atoms with van der Waals surface area (Å²) in [6, 6.07) is 0. The lowest BCUT2D eigenvalue weighted by Crippen LogP contribution is -2.19. The number of amides is 2. The van der Waals surface area contributed by atoms with E-state index in [0.717, 1.165) is 6.92 Å². The van der Waals surface area contributed by atoms with Gasteiger partial charge in [-0.1, -0.05) is 0 Å². The van der Waals surface area contributed by atoms with Gasteiger partial charge in [-0.2, -0.15) is 0 Å². The normalized spacial score (nSPS) is 13.5. The molecule has 1 aliphatic heterocycles. The monoisotopic (exact) mass is 157 g/mol. The van der Waals surface area contributed by atoms with Crippen LogP contribution in [0.3, 0.4) is 0 Å². The van der Waals surface area contributed by atoms with Gasteiger partial charge in [-0.05, 0) is 0 Å². The summed E-state index contributed by atoms with van der Waals surface area (Å²) in [6.07, 6.45) is 2.39. The van der Waals surface area contributed by atoms with E-state index >= 15 is 0 Å². The number of imide groups is 1. The molecule has 0 aliphatic carbocycles. The fourth-order valence-electron chi connectivity index (χ4n) is 0.356. The average molecular weight is 157 g/mol. The van der Waals surface area contributed by atoms with Crippen molar-refractivity contribution < 1.29 is 19.5 Å². The van der Waals surface area contributed by atoms with Gasteiger partial charge < -0.3 is 5.11 Å². The van der Waals surface area contributed by atoms with Gasteiger partial charge in [0.15, 0.2) is 0 Å². The zero-order valence-corrected chi connectivity index (χ0v) is 5.83. The van der Waals surface area contributed by atoms with Crippen molar-refractivity contribution in [3.8, 4) is 0 Å². The van der Waals surface area contributed by atoms with Crippen LogP contribution in [0.4, 0.5) is 0 Å². The van der Waals surface area contributed by atoms with Crippen molar-refractivity contribution in [2.24, 2.45) is 0 Å². The molecule has 0 aromatic carbocycles. The third kappa shape index (κ3) is 6.23. The lowest BCUT2D eigenvalue weighted by atomic mass is 10.6. The van der Waals surface area contributed by atoms with Gasteiger partial charge in [0.1, 0.15) is 0 Å². The Balaban J connectivity index is 0.000000218. The number of hydrogen-bond acceptors (Lipinski definition) is 3. The van der Waals surface area contributed by atoms with Crippen LogP contribution in [0, 0.1) is 0 Å². The molecule has 5 heteroatoms. The zero-order valence-electron chi connectivity index (χ0n) is 5.83. The van der Waals surface area contributed by atoms with E-state index in [1.807, 2.05) is 5.32 Å². The molecule has 1 heterocycles. The molecule has 1 aliphatic rings. The minimum Gasteiger partial charge on any atom is -0.481 e. The standard InChI is InChI=1S/C4H3NO2.C2H4O2/c6-3-1-2-4(7)5-3;1-2(3)4/h1-2H,(H,5,6,7);1H3,(H,3,4). The Morgan fingerprint density at radius 3 is 1.73 bits per heavy atom. The summed E-state index contributed by atoms with van der Waals surface area (Å²) in [6.45, 7) is 1.08. The first-order chi connectivity index (χ1) is 5.02. The van der Waals surface area contributed by atoms with Gasteiger partial charge in [-0.3, -0.25) is 19.7 Å². The molecule has 0 bridgehead atoms. The van der Waals surface area contributed by atoms with E-state index in [1.165, 1.54) is 12.2 Å². The molecule has 0 saturated carbocycles. The number of rotatable bonds is 0. The number of carboxylic acids is 1. The first kappa shape index (κ1) is 9.35. The summed E-state index contributed by atoms with van der Waals surface area (Å²) in [5, 5.41) is 9.44. The molecule has 0 unspecified atom stereocenters. The minimum absolute atomic E-state index is 0.329. The number of carbonyl (C=O) groups excluding carboxylic acids is 2. The van der Waals surface area contributed by atoms with Crippen LogP contribution in [0.5, 0.6) is 0 Å². The van der Waals surface area contributed by atoms with Gasteiger partial charge in [-0.15, -0.1) is 0 Å². The smallest absolute Gasteiger partial charge is 0.300 e. The van der Waals surface area contributed by atoms with Crippen molar-refractivity contribution in [3.05, 3.63) is 12.2 Å². The van der Waals surface area contributed by atoms with E-state index in [2.05, 4.69) is 0 Å². The van der Waals surface area contributed by atoms with Crippen LogP contribution in [-0.4, -0.2) is 22.9 Å². The highest BCUT2D eigenvalue weighted by Crippen LogP contribution is 1.82. The summed E-state index contributed by atoms with van der Waals surface area (Å²) in [4.78, 5) is 29.1. The molecule has 0 fully saturated rings. The quantitative estimate of drug-likeness (QED) is 0.455. The Hall–Kier alpha value is -1.65. The van der Waals surface area contributed by atoms with E-state index in [0.29, 0.717) is 0 Å². The number of nitrogens with one attached hydrogen (secondary N) is 1. The van der Waals surface area contributed by atoms with Crippen LogP contribution in [0.25, 0.3) is 0 Å². The van der Waals surface area contributed by atoms with Crippen molar-refractivity contribution in [1.29, 1.82) is 0 Å². The Kier molecular flexibility index (Phi) is 3.58. The molecule has 0 saturated heterocycles. The van der Waals surface area contributed by atoms with E-state index in [9.17, 15) is 9.59 Å². The lowest BCUT2D eigenvalue weighted by molar-refractivity contribution is -0.134. The largest absolute Gasteiger partial charge is 0.481 e. The first-order valence-electron chi connectivity index (χ1n) is 2.75. The summed E-state index contributed by atoms with van der Waals surface area (Å²) in [5.41, 5.74) is 0. The maximum atomic E-state index is 10.0. The number of aliphatic carboxylic acids is 1. The van der Waals surface area contributed by atoms with Gasteiger partial charge in [-0.25, -0.2) is 0 Å². The second-order valence-corrected chi connectivity index (χ2v) is 1.71. The van der Waals surface area contributed by atoms with Crippen molar-refractivity contribution in [2.45, 2.75) is 6.92 Å². The Labute approximate surface area is 62.7 Å². The minimum atomic E-state index is -0.833. The zero-order chi connectivity index (χ0) is 8.85. The molecule has 11 heavy (non-hydrogen) atoms. The van der Waals surface area contributed by atoms with Crippen molar-refractivity contribution in [3.63, 3.8) is 0 Å². The molecule has 0 aromatic heterocycles. The molecule has 5 nitrogen and oxygen atoms in total. The van der Waals surface area contributed by atoms with E-state index in [1.54, 1.807) is 0 Å². The summed E-state index contributed by atoms with van der Waals surface area (Å²) in [5.74, 6) is -1.49. The summed E-state index contributed by atoms with van der Waals surface area (Å²) < 4.78 is 0. The molecule has 2 amide bonds. The van der Waals surface area contributed by atoms with E-state index < -0.39 is 5.97 Å². The second kappa shape index (κ2) is 4.21. The molecular formula is C6H7NO4. The Bertz CT molecular complexity index is 199. The van der Waals surface area contributed by atoms with Crippen LogP contribution in [0.1, 0.15) is 6.92 Å². The van der Waals surface area contributed by atoms with Crippen LogP contribution >= 0.6 is 0 Å². The fraction of sp³-hybridized carbons (Fsp3) is 0.167. The van der Waals surface area contributed by atoms with Gasteiger partial charge in [0.05, 0.1) is 0 Å². The van der Waals surface area contributed by atoms with Gasteiger partial charge in [0, 0.05) is 19.1 Å². The van der Waals surface area contributed by atoms with Gasteiger partial charge in [0.2, 0.25) is 0 Å². The van der Waals surface area contributed by atoms with Crippen LogP contribution in [0.15, 0.2) is 12.2 Å². The van der Waals surface area contributed by atoms with Crippen LogP contribution in [-0.2, 0) is 14.4 Å². The third-order valence-corrected chi connectivity index (χ3v) is 0.632. The van der Waals surface area contributed by atoms with Gasteiger partial charge >= 0.3 is 0 Å². The maximum Gasteiger partial charge on any atom is 0.300 e. The fourth-order valence-corrected chi connectivity index (χ4v) is 0.356. The van der Waals surface area contributed by atoms with Crippen LogP contribution < -0.4 is 5.32 Å². The molecule has 0 spiro atoms. The summed E-state index contributed by atoms with van der Waals surface area (Å²) in [7, 11) is 0. The third-order valence-electron chi connectivity index (χ3n) is 0.632. The molecule has 0 atom stereocenters. The number of carboxylic acid groups (broad SMARTS) is 1. The van der Waals surface area contributed by atoms with Crippen LogP contribution in [0.2, 0.25) is 0 Å². The van der Waals surface area contributed by atoms with Crippen molar-refractivity contribution in [1.82, 2.24) is 5.32 Å². The Morgan fingerprint density at radius 1 is 1.36 bits per heavy atom. The van der Waals surface area contributed by atoms with E-state index in [4.69, 9.17) is 9.90 Å². The predicted octanol–water partition coefficient (Wildman–Crippen LogP) is -0.710. The Morgan fingerprint density at radius 2 is 1.64 bits per heavy atom. The predicted molar refractivity (Wildman–Crippen MR) is 35.6 cm³/mol. The summed E-state index contributed by atoms with van der Waals surface area (Å²) >= 11 is 0. The molecule has 0 radical (unpaired) electrons. The highest BCUT2D eigenvalue weighted by molar-refractivity contribution is 6.12. The highest BCUT2D eigenvalue weighted by Gasteiger charge is 2.06. The number of carbonyl (C=O) groups is 3. The molecule has 0 aromatic rings. The second-order valence-electron chi connectivity index (χ2n) is 1.71. The van der Waals surface area contributed by atoms with Crippen molar-refractivity contribution in [2.75, 3.05) is 0 Å². The highest BCUT2D eigenvalue weighted by atomic mass is 16.4. The topological polar surface area (TPSA) is 83.5 Å². The van der Waals surface area contributed by atoms with Crippen molar-refractivity contribution >= 4 is 17.8 Å².